The number of aryl methyl sites for hydroxylation is 2. The number of nitrogens with one attached hydrogen (secondary N) is 3. The molecule has 0 aliphatic heterocycles. The number of amides is 1. The highest BCUT2D eigenvalue weighted by Gasteiger charge is 2.15. The minimum Gasteiger partial charge on any atom is -0.337 e. The number of hydrogen-bond acceptors (Lipinski definition) is 6. The molecule has 25 heavy (non-hydrogen) atoms. The van der Waals surface area contributed by atoms with Crippen molar-refractivity contribution in [1.82, 2.24) is 40.4 Å². The van der Waals surface area contributed by atoms with E-state index in [2.05, 4.69) is 47.9 Å². The van der Waals surface area contributed by atoms with Crippen molar-refractivity contribution in [1.29, 1.82) is 0 Å². The summed E-state index contributed by atoms with van der Waals surface area (Å²) >= 11 is 0. The van der Waals surface area contributed by atoms with Gasteiger partial charge in [-0.2, -0.15) is 5.10 Å². The second-order valence-corrected chi connectivity index (χ2v) is 5.75. The Kier molecular flexibility index (Phi) is 3.49. The van der Waals surface area contributed by atoms with Crippen LogP contribution in [0.2, 0.25) is 0 Å². The van der Waals surface area contributed by atoms with Crippen molar-refractivity contribution in [3.8, 4) is 11.5 Å². The van der Waals surface area contributed by atoms with E-state index in [1.165, 1.54) is 28.3 Å². The van der Waals surface area contributed by atoms with Gasteiger partial charge in [0.2, 0.25) is 5.91 Å². The lowest BCUT2D eigenvalue weighted by Gasteiger charge is -2.03. The Morgan fingerprint density at radius 3 is 2.92 bits per heavy atom. The third-order valence-electron chi connectivity index (χ3n) is 3.94. The number of carbonyl (C=O) groups excluding carboxylic acids is 1. The van der Waals surface area contributed by atoms with E-state index in [4.69, 9.17) is 0 Å². The van der Waals surface area contributed by atoms with Crippen molar-refractivity contribution >= 4 is 22.6 Å². The maximum absolute atomic E-state index is 12.1. The van der Waals surface area contributed by atoms with E-state index >= 15 is 0 Å². The molecular weight excluding hydrogens is 322 g/mol. The van der Waals surface area contributed by atoms with Crippen LogP contribution in [0.5, 0.6) is 0 Å². The van der Waals surface area contributed by atoms with Gasteiger partial charge in [-0.05, 0) is 47.5 Å². The number of nitrogens with zero attached hydrogens (tertiary/aromatic N) is 6. The highest BCUT2D eigenvalue weighted by molar-refractivity contribution is 5.94. The molecule has 3 heterocycles. The zero-order valence-electron chi connectivity index (χ0n) is 13.6. The number of aromatic amines is 2. The molecule has 3 N–H and O–H groups in total. The normalized spacial score (nSPS) is 11.1. The molecular formula is C15H15N9O. The molecule has 1 amide bonds. The molecule has 10 heteroatoms. The van der Waals surface area contributed by atoms with Gasteiger partial charge >= 0.3 is 0 Å². The van der Waals surface area contributed by atoms with Crippen LogP contribution >= 0.6 is 0 Å². The molecule has 0 spiro atoms. The van der Waals surface area contributed by atoms with Gasteiger partial charge in [0.15, 0.2) is 5.82 Å². The quantitative estimate of drug-likeness (QED) is 0.513. The van der Waals surface area contributed by atoms with Crippen molar-refractivity contribution in [3.63, 3.8) is 0 Å². The molecule has 0 aliphatic rings. The average molecular weight is 337 g/mol. The van der Waals surface area contributed by atoms with Gasteiger partial charge in [-0.3, -0.25) is 9.89 Å². The summed E-state index contributed by atoms with van der Waals surface area (Å²) in [5, 5.41) is 20.3. The molecule has 0 radical (unpaired) electrons. The van der Waals surface area contributed by atoms with Gasteiger partial charge in [-0.25, -0.2) is 9.67 Å². The fourth-order valence-electron chi connectivity index (χ4n) is 2.54. The number of tetrazole rings is 1. The molecule has 0 fully saturated rings. The average Bonchev–Trinajstić information content (AvgIpc) is 3.28. The molecule has 3 aromatic heterocycles. The first-order valence-corrected chi connectivity index (χ1v) is 7.61. The monoisotopic (exact) mass is 337 g/mol. The lowest BCUT2D eigenvalue weighted by atomic mass is 10.1. The van der Waals surface area contributed by atoms with Crippen molar-refractivity contribution in [2.45, 2.75) is 20.4 Å². The Hall–Kier alpha value is -3.56. The smallest absolute Gasteiger partial charge is 0.246 e. The van der Waals surface area contributed by atoms with E-state index in [9.17, 15) is 4.79 Å². The van der Waals surface area contributed by atoms with Gasteiger partial charge in [0.25, 0.3) is 0 Å². The third-order valence-corrected chi connectivity index (χ3v) is 3.94. The zero-order valence-corrected chi connectivity index (χ0v) is 13.6. The van der Waals surface area contributed by atoms with E-state index in [-0.39, 0.29) is 12.5 Å². The Morgan fingerprint density at radius 1 is 1.28 bits per heavy atom. The molecule has 4 rings (SSSR count). The predicted octanol–water partition coefficient (Wildman–Crippen LogP) is 1.20. The van der Waals surface area contributed by atoms with Gasteiger partial charge in [0, 0.05) is 0 Å². The van der Waals surface area contributed by atoms with Crippen LogP contribution < -0.4 is 5.32 Å². The molecule has 126 valence electrons. The summed E-state index contributed by atoms with van der Waals surface area (Å²) in [5.41, 5.74) is 5.28. The number of hydrogen-bond donors (Lipinski definition) is 3. The molecule has 0 saturated heterocycles. The number of carbonyl (C=O) groups is 1. The van der Waals surface area contributed by atoms with Gasteiger partial charge in [-0.1, -0.05) is 0 Å². The van der Waals surface area contributed by atoms with Crippen LogP contribution in [-0.2, 0) is 11.3 Å². The number of fused-ring (bicyclic) bond motifs is 1. The SMILES string of the molecule is Cc1cc2nc(-c3[nH]ncc3NC(=O)Cn3cnnn3)[nH]c2cc1C. The number of benzene rings is 1. The summed E-state index contributed by atoms with van der Waals surface area (Å²) < 4.78 is 1.34. The van der Waals surface area contributed by atoms with Crippen LogP contribution in [0.3, 0.4) is 0 Å². The topological polar surface area (TPSA) is 130 Å². The van der Waals surface area contributed by atoms with Crippen molar-refractivity contribution < 1.29 is 4.79 Å². The van der Waals surface area contributed by atoms with E-state index in [0.717, 1.165) is 11.0 Å². The first kappa shape index (κ1) is 15.0. The Labute approximate surface area is 141 Å². The van der Waals surface area contributed by atoms with Gasteiger partial charge in [0.1, 0.15) is 18.6 Å². The van der Waals surface area contributed by atoms with Crippen molar-refractivity contribution in [3.05, 3.63) is 35.8 Å². The fraction of sp³-hybridized carbons (Fsp3) is 0.200. The predicted molar refractivity (Wildman–Crippen MR) is 89.6 cm³/mol. The summed E-state index contributed by atoms with van der Waals surface area (Å²) in [7, 11) is 0. The second kappa shape index (κ2) is 5.82. The molecule has 0 saturated carbocycles. The second-order valence-electron chi connectivity index (χ2n) is 5.75. The number of anilines is 1. The standard InChI is InChI=1S/C15H15N9O/c1-8-3-10-11(4-9(8)2)20-15(19-10)14-12(5-16-21-14)18-13(25)6-24-7-17-22-23-24/h3-5,7H,6H2,1-2H3,(H,16,21)(H,18,25)(H,19,20). The Morgan fingerprint density at radius 2 is 2.12 bits per heavy atom. The summed E-state index contributed by atoms with van der Waals surface area (Å²) in [5.74, 6) is 0.341. The van der Waals surface area contributed by atoms with Crippen LogP contribution in [0.4, 0.5) is 5.69 Å². The summed E-state index contributed by atoms with van der Waals surface area (Å²) in [4.78, 5) is 20.0. The molecule has 1 aromatic carbocycles. The van der Waals surface area contributed by atoms with Crippen LogP contribution in [0, 0.1) is 13.8 Å². The summed E-state index contributed by atoms with van der Waals surface area (Å²) in [6.07, 6.45) is 2.91. The number of aromatic nitrogens is 8. The van der Waals surface area contributed by atoms with Gasteiger partial charge < -0.3 is 10.3 Å². The molecule has 0 aliphatic carbocycles. The highest BCUT2D eigenvalue weighted by Crippen LogP contribution is 2.26. The van der Waals surface area contributed by atoms with Gasteiger partial charge in [-0.15, -0.1) is 5.10 Å². The maximum Gasteiger partial charge on any atom is 0.246 e. The Bertz CT molecular complexity index is 1010. The van der Waals surface area contributed by atoms with Crippen LogP contribution in [-0.4, -0.2) is 46.3 Å². The first-order valence-electron chi connectivity index (χ1n) is 7.61. The number of imidazole rings is 1. The molecule has 10 nitrogen and oxygen atoms in total. The molecule has 0 atom stereocenters. The van der Waals surface area contributed by atoms with E-state index in [1.54, 1.807) is 0 Å². The number of rotatable bonds is 4. The van der Waals surface area contributed by atoms with E-state index < -0.39 is 0 Å². The highest BCUT2D eigenvalue weighted by atomic mass is 16.2. The number of H-pyrrole nitrogens is 2. The summed E-state index contributed by atoms with van der Waals surface area (Å²) in [6, 6.07) is 4.07. The lowest BCUT2D eigenvalue weighted by Crippen LogP contribution is -2.19. The minimum absolute atomic E-state index is 0.0101. The van der Waals surface area contributed by atoms with E-state index in [0.29, 0.717) is 17.2 Å². The van der Waals surface area contributed by atoms with Crippen LogP contribution in [0.25, 0.3) is 22.6 Å². The summed E-state index contributed by atoms with van der Waals surface area (Å²) in [6.45, 7) is 4.11. The molecule has 4 aromatic rings. The molecule has 0 bridgehead atoms. The lowest BCUT2D eigenvalue weighted by molar-refractivity contribution is -0.116. The van der Waals surface area contributed by atoms with Crippen LogP contribution in [0.15, 0.2) is 24.7 Å². The third kappa shape index (κ3) is 2.84. The van der Waals surface area contributed by atoms with Crippen molar-refractivity contribution in [2.75, 3.05) is 5.32 Å². The first-order chi connectivity index (χ1) is 12.1. The maximum atomic E-state index is 12.1. The largest absolute Gasteiger partial charge is 0.337 e. The Balaban J connectivity index is 1.62. The molecule has 0 unspecified atom stereocenters. The minimum atomic E-state index is -0.266. The fourth-order valence-corrected chi connectivity index (χ4v) is 2.54. The van der Waals surface area contributed by atoms with Crippen molar-refractivity contribution in [2.24, 2.45) is 0 Å². The van der Waals surface area contributed by atoms with Crippen LogP contribution in [0.1, 0.15) is 11.1 Å². The van der Waals surface area contributed by atoms with E-state index in [1.807, 2.05) is 19.1 Å². The van der Waals surface area contributed by atoms with Gasteiger partial charge in [0.05, 0.1) is 22.9 Å². The zero-order chi connectivity index (χ0) is 17.4.